The van der Waals surface area contributed by atoms with Crippen molar-refractivity contribution < 1.29 is 23.9 Å². The molecule has 0 aliphatic rings. The summed E-state index contributed by atoms with van der Waals surface area (Å²) in [5.74, 6) is 1.25. The molecule has 2 rings (SSSR count). The molecule has 0 bridgehead atoms. The summed E-state index contributed by atoms with van der Waals surface area (Å²) in [6.07, 6.45) is 0.608. The Morgan fingerprint density at radius 1 is 1.03 bits per heavy atom. The smallest absolute Gasteiger partial charge is 0.271 e. The zero-order valence-corrected chi connectivity index (χ0v) is 17.0. The lowest BCUT2D eigenvalue weighted by Crippen LogP contribution is -2.30. The van der Waals surface area contributed by atoms with Crippen molar-refractivity contribution in [3.8, 4) is 17.2 Å². The van der Waals surface area contributed by atoms with Crippen molar-refractivity contribution in [1.82, 2.24) is 5.32 Å². The normalized spacial score (nSPS) is 10.3. The summed E-state index contributed by atoms with van der Waals surface area (Å²) >= 11 is 5.93. The molecule has 0 heterocycles. The third-order valence-corrected chi connectivity index (χ3v) is 4.12. The molecule has 9 heteroatoms. The van der Waals surface area contributed by atoms with Gasteiger partial charge in [-0.1, -0.05) is 17.7 Å². The van der Waals surface area contributed by atoms with Gasteiger partial charge in [-0.25, -0.2) is 0 Å². The van der Waals surface area contributed by atoms with E-state index in [-0.39, 0.29) is 29.0 Å². The quantitative estimate of drug-likeness (QED) is 0.437. The molecule has 0 aliphatic carbocycles. The van der Waals surface area contributed by atoms with Crippen molar-refractivity contribution in [3.05, 3.63) is 57.1 Å². The zero-order valence-electron chi connectivity index (χ0n) is 16.3. The minimum Gasteiger partial charge on any atom is -0.490 e. The van der Waals surface area contributed by atoms with E-state index in [4.69, 9.17) is 25.8 Å². The molecule has 0 aliphatic heterocycles. The van der Waals surface area contributed by atoms with Crippen LogP contribution in [-0.2, 0) is 11.2 Å². The molecule has 156 valence electrons. The first kappa shape index (κ1) is 22.3. The average Bonchev–Trinajstić information content (AvgIpc) is 2.69. The Bertz CT molecular complexity index is 859. The molecule has 0 fully saturated rings. The molecule has 0 aromatic heterocycles. The molecule has 2 aromatic rings. The molecule has 0 atom stereocenters. The maximum atomic E-state index is 12.0. The van der Waals surface area contributed by atoms with E-state index in [0.29, 0.717) is 37.7 Å². The largest absolute Gasteiger partial charge is 0.490 e. The van der Waals surface area contributed by atoms with Crippen LogP contribution in [0.15, 0.2) is 36.4 Å². The van der Waals surface area contributed by atoms with Crippen molar-refractivity contribution >= 4 is 23.2 Å². The molecule has 0 radical (unpaired) electrons. The summed E-state index contributed by atoms with van der Waals surface area (Å²) in [5, 5.41) is 13.5. The van der Waals surface area contributed by atoms with Crippen LogP contribution in [0.1, 0.15) is 19.4 Å². The highest BCUT2D eigenvalue weighted by Crippen LogP contribution is 2.29. The Hall–Kier alpha value is -3.00. The summed E-state index contributed by atoms with van der Waals surface area (Å²) in [4.78, 5) is 22.1. The van der Waals surface area contributed by atoms with Gasteiger partial charge in [-0.3, -0.25) is 14.9 Å². The first-order valence-electron chi connectivity index (χ1n) is 9.16. The van der Waals surface area contributed by atoms with Gasteiger partial charge in [0.15, 0.2) is 18.1 Å². The highest BCUT2D eigenvalue weighted by molar-refractivity contribution is 6.32. The maximum absolute atomic E-state index is 12.0. The predicted octanol–water partition coefficient (Wildman–Crippen LogP) is 3.78. The number of halogens is 1. The van der Waals surface area contributed by atoms with E-state index in [2.05, 4.69) is 5.32 Å². The fraction of sp³-hybridized carbons (Fsp3) is 0.350. The van der Waals surface area contributed by atoms with Crippen molar-refractivity contribution in [2.24, 2.45) is 0 Å². The average molecular weight is 423 g/mol. The molecule has 0 unspecified atom stereocenters. The van der Waals surface area contributed by atoms with E-state index >= 15 is 0 Å². The number of hydrogen-bond acceptors (Lipinski definition) is 6. The number of benzene rings is 2. The van der Waals surface area contributed by atoms with Gasteiger partial charge < -0.3 is 19.5 Å². The molecule has 8 nitrogen and oxygen atoms in total. The maximum Gasteiger partial charge on any atom is 0.271 e. The number of carbonyl (C=O) groups excluding carboxylic acids is 1. The minimum atomic E-state index is -0.555. The number of non-ortho nitro benzene ring substituents is 1. The number of rotatable bonds is 11. The second-order valence-corrected chi connectivity index (χ2v) is 6.31. The number of nitrogens with one attached hydrogen (secondary N) is 1. The second kappa shape index (κ2) is 11.1. The van der Waals surface area contributed by atoms with Gasteiger partial charge in [0.1, 0.15) is 5.75 Å². The van der Waals surface area contributed by atoms with Crippen LogP contribution >= 0.6 is 11.6 Å². The minimum absolute atomic E-state index is 0.0739. The Kier molecular flexibility index (Phi) is 8.54. The predicted molar refractivity (Wildman–Crippen MR) is 109 cm³/mol. The zero-order chi connectivity index (χ0) is 21.2. The van der Waals surface area contributed by atoms with Crippen LogP contribution in [0.4, 0.5) is 5.69 Å². The van der Waals surface area contributed by atoms with Crippen molar-refractivity contribution in [2.45, 2.75) is 20.3 Å². The van der Waals surface area contributed by atoms with Crippen LogP contribution in [0.25, 0.3) is 0 Å². The summed E-state index contributed by atoms with van der Waals surface area (Å²) in [7, 11) is 0. The van der Waals surface area contributed by atoms with Crippen LogP contribution in [-0.4, -0.2) is 37.2 Å². The Labute approximate surface area is 173 Å². The highest BCUT2D eigenvalue weighted by Gasteiger charge is 2.12. The number of ether oxygens (including phenoxy) is 3. The van der Waals surface area contributed by atoms with Crippen LogP contribution in [0, 0.1) is 10.1 Å². The lowest BCUT2D eigenvalue weighted by atomic mass is 10.1. The molecule has 29 heavy (non-hydrogen) atoms. The summed E-state index contributed by atoms with van der Waals surface area (Å²) in [5.41, 5.74) is 0.852. The monoisotopic (exact) mass is 422 g/mol. The van der Waals surface area contributed by atoms with E-state index in [1.165, 1.54) is 18.2 Å². The molecule has 0 spiro atoms. The SMILES string of the molecule is CCOc1ccc(CCNC(=O)COc2ccc([N+](=O)[O-])cc2Cl)cc1OCC. The number of amides is 1. The van der Waals surface area contributed by atoms with Crippen LogP contribution in [0.5, 0.6) is 17.2 Å². The van der Waals surface area contributed by atoms with Crippen molar-refractivity contribution in [3.63, 3.8) is 0 Å². The van der Waals surface area contributed by atoms with Gasteiger partial charge in [0.05, 0.1) is 23.2 Å². The first-order chi connectivity index (χ1) is 13.9. The molecule has 1 amide bonds. The van der Waals surface area contributed by atoms with Gasteiger partial charge in [0, 0.05) is 18.7 Å². The van der Waals surface area contributed by atoms with Gasteiger partial charge in [0.25, 0.3) is 11.6 Å². The number of nitro groups is 1. The Morgan fingerprint density at radius 3 is 2.38 bits per heavy atom. The topological polar surface area (TPSA) is 99.9 Å². The third kappa shape index (κ3) is 6.83. The van der Waals surface area contributed by atoms with Crippen LogP contribution in [0.3, 0.4) is 0 Å². The van der Waals surface area contributed by atoms with Crippen molar-refractivity contribution in [2.75, 3.05) is 26.4 Å². The van der Waals surface area contributed by atoms with Gasteiger partial charge in [-0.15, -0.1) is 0 Å². The molecular weight excluding hydrogens is 400 g/mol. The van der Waals surface area contributed by atoms with E-state index in [1.807, 2.05) is 32.0 Å². The number of hydrogen-bond donors (Lipinski definition) is 1. The first-order valence-corrected chi connectivity index (χ1v) is 9.54. The van der Waals surface area contributed by atoms with Crippen molar-refractivity contribution in [1.29, 1.82) is 0 Å². The summed E-state index contributed by atoms with van der Waals surface area (Å²) < 4.78 is 16.5. The fourth-order valence-electron chi connectivity index (χ4n) is 2.51. The summed E-state index contributed by atoms with van der Waals surface area (Å²) in [6.45, 7) is 5.06. The van der Waals surface area contributed by atoms with Gasteiger partial charge in [-0.2, -0.15) is 0 Å². The van der Waals surface area contributed by atoms with E-state index in [0.717, 1.165) is 5.56 Å². The lowest BCUT2D eigenvalue weighted by molar-refractivity contribution is -0.384. The van der Waals surface area contributed by atoms with Gasteiger partial charge in [0.2, 0.25) is 0 Å². The van der Waals surface area contributed by atoms with E-state index in [1.54, 1.807) is 0 Å². The number of carbonyl (C=O) groups is 1. The molecule has 0 saturated carbocycles. The number of nitro benzene ring substituents is 1. The van der Waals surface area contributed by atoms with Crippen LogP contribution in [0.2, 0.25) is 5.02 Å². The highest BCUT2D eigenvalue weighted by atomic mass is 35.5. The second-order valence-electron chi connectivity index (χ2n) is 5.91. The van der Waals surface area contributed by atoms with E-state index in [9.17, 15) is 14.9 Å². The molecule has 1 N–H and O–H groups in total. The Balaban J connectivity index is 1.82. The standard InChI is InChI=1S/C20H23ClN2O6/c1-3-27-18-7-5-14(11-19(18)28-4-2)9-10-22-20(24)13-29-17-8-6-15(23(25)26)12-16(17)21/h5-8,11-12H,3-4,9-10,13H2,1-2H3,(H,22,24). The van der Waals surface area contributed by atoms with Gasteiger partial charge in [-0.05, 0) is 44.0 Å². The number of nitrogens with zero attached hydrogens (tertiary/aromatic N) is 1. The third-order valence-electron chi connectivity index (χ3n) is 3.83. The van der Waals surface area contributed by atoms with E-state index < -0.39 is 4.92 Å². The molecular formula is C20H23ClN2O6. The molecule has 0 saturated heterocycles. The summed E-state index contributed by atoms with van der Waals surface area (Å²) in [6, 6.07) is 9.48. The van der Waals surface area contributed by atoms with Crippen LogP contribution < -0.4 is 19.5 Å². The Morgan fingerprint density at radius 2 is 1.72 bits per heavy atom. The fourth-order valence-corrected chi connectivity index (χ4v) is 2.74. The lowest BCUT2D eigenvalue weighted by Gasteiger charge is -2.13. The van der Waals surface area contributed by atoms with Gasteiger partial charge >= 0.3 is 0 Å². The molecule has 2 aromatic carbocycles.